The molecule has 0 aliphatic rings. The SMILES string of the molecule is Cc1ccc(F)cc1OCC(=O)c1ccco1. The molecule has 2 aromatic rings. The number of rotatable bonds is 4. The van der Waals surface area contributed by atoms with Gasteiger partial charge in [0.2, 0.25) is 5.78 Å². The van der Waals surface area contributed by atoms with E-state index in [2.05, 4.69) is 0 Å². The molecule has 0 radical (unpaired) electrons. The molecule has 1 aromatic carbocycles. The molecule has 88 valence electrons. The first-order valence-corrected chi connectivity index (χ1v) is 5.12. The Bertz CT molecular complexity index is 517. The molecule has 17 heavy (non-hydrogen) atoms. The summed E-state index contributed by atoms with van der Waals surface area (Å²) >= 11 is 0. The van der Waals surface area contributed by atoms with Crippen molar-refractivity contribution in [2.24, 2.45) is 0 Å². The van der Waals surface area contributed by atoms with Gasteiger partial charge in [-0.2, -0.15) is 0 Å². The topological polar surface area (TPSA) is 39.4 Å². The molecule has 0 bridgehead atoms. The van der Waals surface area contributed by atoms with E-state index in [1.165, 1.54) is 18.4 Å². The van der Waals surface area contributed by atoms with Gasteiger partial charge in [0.25, 0.3) is 0 Å². The Morgan fingerprint density at radius 3 is 2.94 bits per heavy atom. The summed E-state index contributed by atoms with van der Waals surface area (Å²) < 4.78 is 23.1. The number of ketones is 1. The zero-order chi connectivity index (χ0) is 12.3. The van der Waals surface area contributed by atoms with Crippen LogP contribution in [0.15, 0.2) is 41.0 Å². The maximum Gasteiger partial charge on any atom is 0.235 e. The third kappa shape index (κ3) is 2.72. The lowest BCUT2D eigenvalue weighted by Crippen LogP contribution is -2.11. The highest BCUT2D eigenvalue weighted by Crippen LogP contribution is 2.18. The summed E-state index contributed by atoms with van der Waals surface area (Å²) in [7, 11) is 0. The quantitative estimate of drug-likeness (QED) is 0.763. The van der Waals surface area contributed by atoms with E-state index in [1.807, 2.05) is 0 Å². The van der Waals surface area contributed by atoms with Crippen molar-refractivity contribution < 1.29 is 18.3 Å². The molecule has 0 fully saturated rings. The molecule has 1 aromatic heterocycles. The van der Waals surface area contributed by atoms with Crippen LogP contribution in [0.25, 0.3) is 0 Å². The number of halogens is 1. The van der Waals surface area contributed by atoms with Crippen molar-refractivity contribution in [3.8, 4) is 5.75 Å². The van der Waals surface area contributed by atoms with Gasteiger partial charge in [-0.15, -0.1) is 0 Å². The van der Waals surface area contributed by atoms with Crippen LogP contribution in [0.1, 0.15) is 16.1 Å². The van der Waals surface area contributed by atoms with Crippen molar-refractivity contribution in [1.82, 2.24) is 0 Å². The molecule has 0 saturated heterocycles. The number of Topliss-reactive ketones (excluding diaryl/α,β-unsaturated/α-hetero) is 1. The lowest BCUT2D eigenvalue weighted by atomic mass is 10.2. The molecule has 0 aliphatic heterocycles. The summed E-state index contributed by atoms with van der Waals surface area (Å²) in [5.41, 5.74) is 0.777. The van der Waals surface area contributed by atoms with Crippen LogP contribution in [0.3, 0.4) is 0 Å². The number of carbonyl (C=O) groups is 1. The van der Waals surface area contributed by atoms with Crippen molar-refractivity contribution in [3.63, 3.8) is 0 Å². The van der Waals surface area contributed by atoms with E-state index in [9.17, 15) is 9.18 Å². The number of benzene rings is 1. The molecular weight excluding hydrogens is 223 g/mol. The average molecular weight is 234 g/mol. The van der Waals surface area contributed by atoms with Gasteiger partial charge in [0.15, 0.2) is 12.4 Å². The molecule has 0 amide bonds. The smallest absolute Gasteiger partial charge is 0.235 e. The number of hydrogen-bond acceptors (Lipinski definition) is 3. The van der Waals surface area contributed by atoms with Crippen LogP contribution >= 0.6 is 0 Å². The Morgan fingerprint density at radius 1 is 1.41 bits per heavy atom. The molecule has 0 saturated carbocycles. The lowest BCUT2D eigenvalue weighted by molar-refractivity contribution is 0.0893. The van der Waals surface area contributed by atoms with Crippen molar-refractivity contribution in [1.29, 1.82) is 0 Å². The van der Waals surface area contributed by atoms with Crippen molar-refractivity contribution in [3.05, 3.63) is 53.7 Å². The highest BCUT2D eigenvalue weighted by Gasteiger charge is 2.10. The van der Waals surface area contributed by atoms with Crippen LogP contribution in [0, 0.1) is 12.7 Å². The summed E-state index contributed by atoms with van der Waals surface area (Å²) in [4.78, 5) is 11.6. The first-order valence-electron chi connectivity index (χ1n) is 5.12. The Labute approximate surface area is 97.8 Å². The Kier molecular flexibility index (Phi) is 3.23. The van der Waals surface area contributed by atoms with E-state index in [0.717, 1.165) is 5.56 Å². The summed E-state index contributed by atoms with van der Waals surface area (Å²) in [6, 6.07) is 7.38. The molecular formula is C13H11FO3. The summed E-state index contributed by atoms with van der Waals surface area (Å²) in [6.45, 7) is 1.62. The lowest BCUT2D eigenvalue weighted by Gasteiger charge is -2.07. The van der Waals surface area contributed by atoms with Crippen LogP contribution in [0.2, 0.25) is 0 Å². The van der Waals surface area contributed by atoms with Gasteiger partial charge in [-0.3, -0.25) is 4.79 Å². The third-order valence-corrected chi connectivity index (χ3v) is 2.30. The fourth-order valence-electron chi connectivity index (χ4n) is 1.38. The normalized spacial score (nSPS) is 10.2. The summed E-state index contributed by atoms with van der Waals surface area (Å²) in [5.74, 6) is -0.0707. The van der Waals surface area contributed by atoms with Crippen LogP contribution in [-0.2, 0) is 0 Å². The van der Waals surface area contributed by atoms with Crippen LogP contribution in [0.4, 0.5) is 4.39 Å². The molecule has 0 unspecified atom stereocenters. The highest BCUT2D eigenvalue weighted by atomic mass is 19.1. The minimum Gasteiger partial charge on any atom is -0.485 e. The van der Waals surface area contributed by atoms with Gasteiger partial charge in [-0.05, 0) is 30.7 Å². The first-order chi connectivity index (χ1) is 8.16. The zero-order valence-corrected chi connectivity index (χ0v) is 9.27. The number of carbonyl (C=O) groups excluding carboxylic acids is 1. The molecule has 1 heterocycles. The second-order valence-corrected chi connectivity index (χ2v) is 3.60. The minimum absolute atomic E-state index is 0.169. The Morgan fingerprint density at radius 2 is 2.24 bits per heavy atom. The number of hydrogen-bond donors (Lipinski definition) is 0. The maximum atomic E-state index is 13.0. The van der Waals surface area contributed by atoms with Crippen LogP contribution in [-0.4, -0.2) is 12.4 Å². The molecule has 4 heteroatoms. The fourth-order valence-corrected chi connectivity index (χ4v) is 1.38. The van der Waals surface area contributed by atoms with Gasteiger partial charge in [-0.1, -0.05) is 6.07 Å². The Balaban J connectivity index is 2.03. The summed E-state index contributed by atoms with van der Waals surface area (Å²) in [6.07, 6.45) is 1.42. The zero-order valence-electron chi connectivity index (χ0n) is 9.27. The molecule has 0 N–H and O–H groups in total. The average Bonchev–Trinajstić information content (AvgIpc) is 2.83. The summed E-state index contributed by atoms with van der Waals surface area (Å²) in [5, 5.41) is 0. The number of aryl methyl sites for hydroxylation is 1. The minimum atomic E-state index is -0.393. The van der Waals surface area contributed by atoms with Gasteiger partial charge in [-0.25, -0.2) is 4.39 Å². The maximum absolute atomic E-state index is 13.0. The van der Waals surface area contributed by atoms with Crippen LogP contribution < -0.4 is 4.74 Å². The predicted molar refractivity (Wildman–Crippen MR) is 59.7 cm³/mol. The van der Waals surface area contributed by atoms with Crippen molar-refractivity contribution >= 4 is 5.78 Å². The second-order valence-electron chi connectivity index (χ2n) is 3.60. The van der Waals surface area contributed by atoms with E-state index < -0.39 is 5.82 Å². The van der Waals surface area contributed by atoms with E-state index in [0.29, 0.717) is 5.75 Å². The molecule has 0 aliphatic carbocycles. The standard InChI is InChI=1S/C13H11FO3/c1-9-4-5-10(14)7-13(9)17-8-11(15)12-3-2-6-16-12/h2-7H,8H2,1H3. The van der Waals surface area contributed by atoms with E-state index in [1.54, 1.807) is 25.1 Å². The number of furan rings is 1. The molecule has 0 atom stereocenters. The van der Waals surface area contributed by atoms with Gasteiger partial charge in [0.05, 0.1) is 6.26 Å². The molecule has 2 rings (SSSR count). The predicted octanol–water partition coefficient (Wildman–Crippen LogP) is 2.99. The fraction of sp³-hybridized carbons (Fsp3) is 0.154. The van der Waals surface area contributed by atoms with Gasteiger partial charge in [0, 0.05) is 6.07 Å². The number of ether oxygens (including phenoxy) is 1. The second kappa shape index (κ2) is 4.82. The highest BCUT2D eigenvalue weighted by molar-refractivity contribution is 5.94. The largest absolute Gasteiger partial charge is 0.485 e. The third-order valence-electron chi connectivity index (χ3n) is 2.30. The van der Waals surface area contributed by atoms with E-state index >= 15 is 0 Å². The van der Waals surface area contributed by atoms with Crippen molar-refractivity contribution in [2.45, 2.75) is 6.92 Å². The Hall–Kier alpha value is -2.10. The van der Waals surface area contributed by atoms with E-state index in [-0.39, 0.29) is 18.2 Å². The molecule has 0 spiro atoms. The van der Waals surface area contributed by atoms with Crippen LogP contribution in [0.5, 0.6) is 5.75 Å². The van der Waals surface area contributed by atoms with Gasteiger partial charge >= 0.3 is 0 Å². The first kappa shape index (κ1) is 11.4. The van der Waals surface area contributed by atoms with Gasteiger partial charge in [0.1, 0.15) is 11.6 Å². The molecule has 3 nitrogen and oxygen atoms in total. The monoisotopic (exact) mass is 234 g/mol. The van der Waals surface area contributed by atoms with Crippen molar-refractivity contribution in [2.75, 3.05) is 6.61 Å². The van der Waals surface area contributed by atoms with Gasteiger partial charge < -0.3 is 9.15 Å². The van der Waals surface area contributed by atoms with E-state index in [4.69, 9.17) is 9.15 Å².